The van der Waals surface area contributed by atoms with Gasteiger partial charge in [-0.1, -0.05) is 13.8 Å². The van der Waals surface area contributed by atoms with Crippen LogP contribution in [0.15, 0.2) is 0 Å². The number of fused-ring (bicyclic) bond motifs is 5. The second kappa shape index (κ2) is 7.70. The molecule has 0 aromatic rings. The van der Waals surface area contributed by atoms with E-state index in [1.165, 1.54) is 13.8 Å². The van der Waals surface area contributed by atoms with Gasteiger partial charge in [0.05, 0.1) is 0 Å². The number of rotatable bonds is 4. The van der Waals surface area contributed by atoms with Crippen LogP contribution in [-0.2, 0) is 28.7 Å². The highest BCUT2D eigenvalue weighted by Gasteiger charge is 2.69. The zero-order valence-electron chi connectivity index (χ0n) is 19.3. The molecule has 6 heteroatoms. The molecule has 0 N–H and O–H groups in total. The Morgan fingerprint density at radius 1 is 0.935 bits per heavy atom. The third-order valence-electron chi connectivity index (χ3n) is 9.78. The van der Waals surface area contributed by atoms with E-state index >= 15 is 0 Å². The number of carbonyl (C=O) groups excluding carboxylic acids is 4. The topological polar surface area (TPSA) is 86.7 Å². The standard InChI is InChI=1S/C25H36O6/c1-15(26)30-14-22(29)25(31-16(2)27)12-9-21-19-6-5-17-13-18(28)7-10-23(17,3)20(19)8-11-24(21,25)4/h17,19-21H,5-14H2,1-4H3. The van der Waals surface area contributed by atoms with Gasteiger partial charge >= 0.3 is 11.9 Å². The molecule has 0 aromatic heterocycles. The van der Waals surface area contributed by atoms with Crippen LogP contribution in [0, 0.1) is 34.5 Å². The molecule has 0 heterocycles. The summed E-state index contributed by atoms with van der Waals surface area (Å²) in [5, 5.41) is 0. The summed E-state index contributed by atoms with van der Waals surface area (Å²) >= 11 is 0. The van der Waals surface area contributed by atoms with Crippen molar-refractivity contribution in [1.29, 1.82) is 0 Å². The zero-order chi connectivity index (χ0) is 22.6. The number of Topliss-reactive ketones (excluding diaryl/α,β-unsaturated/α-hetero) is 2. The lowest BCUT2D eigenvalue weighted by atomic mass is 9.44. The largest absolute Gasteiger partial charge is 0.458 e. The molecule has 4 fully saturated rings. The summed E-state index contributed by atoms with van der Waals surface area (Å²) in [4.78, 5) is 48.9. The molecule has 6 nitrogen and oxygen atoms in total. The van der Waals surface area contributed by atoms with Crippen molar-refractivity contribution in [2.75, 3.05) is 6.61 Å². The van der Waals surface area contributed by atoms with Crippen LogP contribution in [0.4, 0.5) is 0 Å². The zero-order valence-corrected chi connectivity index (χ0v) is 19.3. The summed E-state index contributed by atoms with van der Waals surface area (Å²) in [6.07, 6.45) is 7.67. The first kappa shape index (κ1) is 22.5. The quantitative estimate of drug-likeness (QED) is 0.623. The Balaban J connectivity index is 1.64. The van der Waals surface area contributed by atoms with E-state index in [-0.39, 0.29) is 17.8 Å². The SMILES string of the molecule is CC(=O)OCC(=O)C1(OC(C)=O)CCC2C3CCC4CC(=O)CCC4(C)C3CCC21C. The van der Waals surface area contributed by atoms with Gasteiger partial charge in [-0.3, -0.25) is 19.2 Å². The summed E-state index contributed by atoms with van der Waals surface area (Å²) in [6, 6.07) is 0. The molecule has 7 atom stereocenters. The van der Waals surface area contributed by atoms with Gasteiger partial charge in [0, 0.05) is 32.1 Å². The van der Waals surface area contributed by atoms with Crippen molar-refractivity contribution >= 4 is 23.5 Å². The van der Waals surface area contributed by atoms with Gasteiger partial charge in [-0.15, -0.1) is 0 Å². The third kappa shape index (κ3) is 3.36. The first-order valence-corrected chi connectivity index (χ1v) is 11.9. The van der Waals surface area contributed by atoms with Crippen LogP contribution in [0.25, 0.3) is 0 Å². The number of ketones is 2. The smallest absolute Gasteiger partial charge is 0.303 e. The molecule has 0 saturated heterocycles. The Morgan fingerprint density at radius 2 is 1.65 bits per heavy atom. The number of esters is 2. The van der Waals surface area contributed by atoms with Crippen LogP contribution in [0.5, 0.6) is 0 Å². The van der Waals surface area contributed by atoms with E-state index in [4.69, 9.17) is 9.47 Å². The molecular weight excluding hydrogens is 396 g/mol. The van der Waals surface area contributed by atoms with Gasteiger partial charge in [0.15, 0.2) is 12.2 Å². The fraction of sp³-hybridized carbons (Fsp3) is 0.840. The molecule has 4 aliphatic carbocycles. The molecule has 0 spiro atoms. The van der Waals surface area contributed by atoms with Gasteiger partial charge in [-0.05, 0) is 74.0 Å². The number of carbonyl (C=O) groups is 4. The van der Waals surface area contributed by atoms with Crippen molar-refractivity contribution in [1.82, 2.24) is 0 Å². The minimum Gasteiger partial charge on any atom is -0.458 e. The summed E-state index contributed by atoms with van der Waals surface area (Å²) in [6.45, 7) is 6.80. The van der Waals surface area contributed by atoms with E-state index in [2.05, 4.69) is 13.8 Å². The molecule has 0 aliphatic heterocycles. The van der Waals surface area contributed by atoms with Crippen LogP contribution >= 0.6 is 0 Å². The Labute approximate surface area is 184 Å². The lowest BCUT2D eigenvalue weighted by molar-refractivity contribution is -0.194. The summed E-state index contributed by atoms with van der Waals surface area (Å²) < 4.78 is 10.9. The predicted molar refractivity (Wildman–Crippen MR) is 113 cm³/mol. The summed E-state index contributed by atoms with van der Waals surface area (Å²) in [5.41, 5.74) is -1.48. The third-order valence-corrected chi connectivity index (χ3v) is 9.78. The van der Waals surface area contributed by atoms with Crippen molar-refractivity contribution in [2.24, 2.45) is 34.5 Å². The molecule has 31 heavy (non-hydrogen) atoms. The number of hydrogen-bond donors (Lipinski definition) is 0. The molecule has 0 amide bonds. The fourth-order valence-corrected chi connectivity index (χ4v) is 8.26. The maximum Gasteiger partial charge on any atom is 0.303 e. The van der Waals surface area contributed by atoms with Crippen molar-refractivity contribution in [3.05, 3.63) is 0 Å². The highest BCUT2D eigenvalue weighted by atomic mass is 16.6. The fourth-order valence-electron chi connectivity index (χ4n) is 8.26. The van der Waals surface area contributed by atoms with E-state index in [0.717, 1.165) is 44.9 Å². The van der Waals surface area contributed by atoms with Gasteiger partial charge in [0.25, 0.3) is 0 Å². The highest BCUT2D eigenvalue weighted by Crippen LogP contribution is 2.68. The van der Waals surface area contributed by atoms with E-state index in [1.807, 2.05) is 0 Å². The molecule has 172 valence electrons. The van der Waals surface area contributed by atoms with Crippen molar-refractivity contribution in [2.45, 2.75) is 91.1 Å². The van der Waals surface area contributed by atoms with E-state index in [9.17, 15) is 19.2 Å². The van der Waals surface area contributed by atoms with Crippen molar-refractivity contribution in [3.63, 3.8) is 0 Å². The van der Waals surface area contributed by atoms with Crippen LogP contribution in [0.2, 0.25) is 0 Å². The van der Waals surface area contributed by atoms with Gasteiger partial charge < -0.3 is 9.47 Å². The second-order valence-electron chi connectivity index (χ2n) is 11.0. The van der Waals surface area contributed by atoms with Gasteiger partial charge in [0.1, 0.15) is 5.78 Å². The van der Waals surface area contributed by atoms with Gasteiger partial charge in [0.2, 0.25) is 5.78 Å². The maximum absolute atomic E-state index is 13.4. The maximum atomic E-state index is 13.4. The lowest BCUT2D eigenvalue weighted by Gasteiger charge is -2.61. The minimum atomic E-state index is -1.22. The average molecular weight is 433 g/mol. The van der Waals surface area contributed by atoms with Crippen molar-refractivity contribution in [3.8, 4) is 0 Å². The second-order valence-corrected chi connectivity index (χ2v) is 11.0. The van der Waals surface area contributed by atoms with Crippen molar-refractivity contribution < 1.29 is 28.7 Å². The Morgan fingerprint density at radius 3 is 2.32 bits per heavy atom. The van der Waals surface area contributed by atoms with E-state index in [1.54, 1.807) is 0 Å². The first-order chi connectivity index (χ1) is 14.5. The van der Waals surface area contributed by atoms with Gasteiger partial charge in [-0.2, -0.15) is 0 Å². The van der Waals surface area contributed by atoms with E-state index in [0.29, 0.717) is 42.3 Å². The summed E-state index contributed by atoms with van der Waals surface area (Å²) in [7, 11) is 0. The Hall–Kier alpha value is -1.72. The molecule has 4 rings (SSSR count). The Kier molecular flexibility index (Phi) is 5.58. The molecule has 0 radical (unpaired) electrons. The summed E-state index contributed by atoms with van der Waals surface area (Å²) in [5.74, 6) is 0.958. The molecule has 4 saturated carbocycles. The monoisotopic (exact) mass is 432 g/mol. The van der Waals surface area contributed by atoms with Crippen LogP contribution in [0.1, 0.15) is 85.5 Å². The van der Waals surface area contributed by atoms with E-state index < -0.39 is 23.0 Å². The minimum absolute atomic E-state index is 0.187. The molecule has 4 aliphatic rings. The average Bonchev–Trinajstić information content (AvgIpc) is 2.99. The van der Waals surface area contributed by atoms with Crippen LogP contribution < -0.4 is 0 Å². The number of ether oxygens (including phenoxy) is 2. The highest BCUT2D eigenvalue weighted by molar-refractivity contribution is 5.93. The molecule has 7 unspecified atom stereocenters. The Bertz CT molecular complexity index is 804. The van der Waals surface area contributed by atoms with Crippen LogP contribution in [-0.4, -0.2) is 35.7 Å². The first-order valence-electron chi connectivity index (χ1n) is 11.9. The predicted octanol–water partition coefficient (Wildman–Crippen LogP) is 4.03. The number of hydrogen-bond acceptors (Lipinski definition) is 6. The normalized spacial score (nSPS) is 43.9. The molecule has 0 aromatic carbocycles. The van der Waals surface area contributed by atoms with Crippen LogP contribution in [0.3, 0.4) is 0 Å². The molecule has 0 bridgehead atoms. The van der Waals surface area contributed by atoms with Gasteiger partial charge in [-0.25, -0.2) is 0 Å². The lowest BCUT2D eigenvalue weighted by Crippen LogP contribution is -2.60. The molecular formula is C25H36O6.